The second kappa shape index (κ2) is 7.29. The average molecular weight is 424 g/mol. The average Bonchev–Trinajstić information content (AvgIpc) is 2.56. The smallest absolute Gasteiger partial charge is 0.256 e. The van der Waals surface area contributed by atoms with E-state index in [9.17, 15) is 9.18 Å². The third-order valence-electron chi connectivity index (χ3n) is 4.02. The maximum atomic E-state index is 14.4. The van der Waals surface area contributed by atoms with Gasteiger partial charge in [-0.2, -0.15) is 0 Å². The zero-order valence-electron chi connectivity index (χ0n) is 12.7. The predicted molar refractivity (Wildman–Crippen MR) is 99.6 cm³/mol. The quantitative estimate of drug-likeness (QED) is 0.727. The van der Waals surface area contributed by atoms with Crippen molar-refractivity contribution in [2.45, 2.75) is 19.3 Å². The topological polar surface area (TPSA) is 32.3 Å². The molecule has 2 aromatic carbocycles. The Kier molecular flexibility index (Phi) is 5.15. The van der Waals surface area contributed by atoms with E-state index < -0.39 is 0 Å². The molecular weight excluding hydrogens is 406 g/mol. The van der Waals surface area contributed by atoms with Crippen molar-refractivity contribution in [2.75, 3.05) is 23.3 Å². The lowest BCUT2D eigenvalue weighted by atomic mass is 10.1. The summed E-state index contributed by atoms with van der Waals surface area (Å²) in [6.07, 6.45) is 3.41. The molecule has 0 radical (unpaired) electrons. The molecule has 120 valence electrons. The molecule has 0 atom stereocenters. The summed E-state index contributed by atoms with van der Waals surface area (Å²) in [6.45, 7) is 1.79. The first-order chi connectivity index (χ1) is 11.1. The van der Waals surface area contributed by atoms with Crippen molar-refractivity contribution in [2.24, 2.45) is 0 Å². The Balaban J connectivity index is 1.75. The van der Waals surface area contributed by atoms with Gasteiger partial charge >= 0.3 is 0 Å². The first kappa shape index (κ1) is 16.2. The number of halogens is 2. The highest BCUT2D eigenvalue weighted by Gasteiger charge is 2.16. The first-order valence-corrected chi connectivity index (χ1v) is 8.83. The van der Waals surface area contributed by atoms with E-state index in [1.807, 2.05) is 18.2 Å². The molecule has 0 bridgehead atoms. The molecule has 1 heterocycles. The standard InChI is InChI=1S/C18H18FIN2O/c19-15-12-13(8-9-17(15)22-10-4-1-5-11-22)21-18(23)14-6-2-3-7-16(14)20/h2-3,6-9,12H,1,4-5,10-11H2,(H,21,23). The lowest BCUT2D eigenvalue weighted by Gasteiger charge is -2.29. The van der Waals surface area contributed by atoms with Crippen molar-refractivity contribution in [1.29, 1.82) is 0 Å². The molecule has 3 nitrogen and oxygen atoms in total. The highest BCUT2D eigenvalue weighted by atomic mass is 127. The summed E-state index contributed by atoms with van der Waals surface area (Å²) < 4.78 is 15.2. The number of hydrogen-bond donors (Lipinski definition) is 1. The van der Waals surface area contributed by atoms with E-state index in [1.165, 1.54) is 12.5 Å². The zero-order chi connectivity index (χ0) is 16.2. The van der Waals surface area contributed by atoms with Gasteiger partial charge in [-0.25, -0.2) is 4.39 Å². The van der Waals surface area contributed by atoms with Gasteiger partial charge in [-0.05, 0) is 72.2 Å². The molecule has 0 saturated carbocycles. The fraction of sp³-hybridized carbons (Fsp3) is 0.278. The number of carbonyl (C=O) groups excluding carboxylic acids is 1. The van der Waals surface area contributed by atoms with Crippen molar-refractivity contribution in [3.63, 3.8) is 0 Å². The van der Waals surface area contributed by atoms with Crippen LogP contribution in [0.5, 0.6) is 0 Å². The molecule has 3 rings (SSSR count). The van der Waals surface area contributed by atoms with Gasteiger partial charge < -0.3 is 10.2 Å². The van der Waals surface area contributed by atoms with Crippen LogP contribution >= 0.6 is 22.6 Å². The second-order valence-corrected chi connectivity index (χ2v) is 6.81. The Hall–Kier alpha value is -1.63. The summed E-state index contributed by atoms with van der Waals surface area (Å²) in [6, 6.07) is 12.2. The first-order valence-electron chi connectivity index (χ1n) is 7.75. The Bertz CT molecular complexity index is 714. The molecule has 1 aliphatic rings. The van der Waals surface area contributed by atoms with Gasteiger partial charge in [-0.15, -0.1) is 0 Å². The maximum Gasteiger partial charge on any atom is 0.256 e. The van der Waals surface area contributed by atoms with E-state index in [-0.39, 0.29) is 11.7 Å². The van der Waals surface area contributed by atoms with E-state index in [4.69, 9.17) is 0 Å². The number of hydrogen-bond acceptors (Lipinski definition) is 2. The van der Waals surface area contributed by atoms with E-state index >= 15 is 0 Å². The molecule has 5 heteroatoms. The fourth-order valence-electron chi connectivity index (χ4n) is 2.82. The lowest BCUT2D eigenvalue weighted by Crippen LogP contribution is -2.30. The molecular formula is C18H18FIN2O. The summed E-state index contributed by atoms with van der Waals surface area (Å²) in [5, 5.41) is 2.77. The second-order valence-electron chi connectivity index (χ2n) is 5.65. The van der Waals surface area contributed by atoms with Gasteiger partial charge in [0.25, 0.3) is 5.91 Å². The van der Waals surface area contributed by atoms with E-state index in [2.05, 4.69) is 32.8 Å². The minimum absolute atomic E-state index is 0.222. The highest BCUT2D eigenvalue weighted by molar-refractivity contribution is 14.1. The molecule has 1 saturated heterocycles. The summed E-state index contributed by atoms with van der Waals surface area (Å²) in [4.78, 5) is 14.4. The van der Waals surface area contributed by atoms with E-state index in [1.54, 1.807) is 18.2 Å². The Morgan fingerprint density at radius 2 is 1.83 bits per heavy atom. The van der Waals surface area contributed by atoms with Crippen LogP contribution < -0.4 is 10.2 Å². The predicted octanol–water partition coefficient (Wildman–Crippen LogP) is 4.67. The number of nitrogens with zero attached hydrogens (tertiary/aromatic N) is 1. The van der Waals surface area contributed by atoms with Crippen LogP contribution in [0.2, 0.25) is 0 Å². The molecule has 1 fully saturated rings. The third-order valence-corrected chi connectivity index (χ3v) is 4.96. The Morgan fingerprint density at radius 1 is 1.09 bits per heavy atom. The SMILES string of the molecule is O=C(Nc1ccc(N2CCCCC2)c(F)c1)c1ccccc1I. The maximum absolute atomic E-state index is 14.4. The van der Waals surface area contributed by atoms with Crippen LogP contribution in [0, 0.1) is 9.39 Å². The van der Waals surface area contributed by atoms with Crippen LogP contribution in [-0.2, 0) is 0 Å². The number of carbonyl (C=O) groups is 1. The Morgan fingerprint density at radius 3 is 2.52 bits per heavy atom. The molecule has 1 aliphatic heterocycles. The van der Waals surface area contributed by atoms with Gasteiger partial charge in [0.05, 0.1) is 11.3 Å². The highest BCUT2D eigenvalue weighted by Crippen LogP contribution is 2.26. The number of amides is 1. The molecule has 1 amide bonds. The van der Waals surface area contributed by atoms with Crippen molar-refractivity contribution < 1.29 is 9.18 Å². The largest absolute Gasteiger partial charge is 0.369 e. The number of rotatable bonds is 3. The monoisotopic (exact) mass is 424 g/mol. The van der Waals surface area contributed by atoms with Crippen molar-refractivity contribution >= 4 is 39.9 Å². The molecule has 0 spiro atoms. The molecule has 2 aromatic rings. The Labute approximate surface area is 149 Å². The van der Waals surface area contributed by atoms with E-state index in [0.29, 0.717) is 16.9 Å². The third kappa shape index (κ3) is 3.83. The van der Waals surface area contributed by atoms with Crippen LogP contribution in [-0.4, -0.2) is 19.0 Å². The summed E-state index contributed by atoms with van der Waals surface area (Å²) >= 11 is 2.12. The van der Waals surface area contributed by atoms with Crippen LogP contribution in [0.3, 0.4) is 0 Å². The van der Waals surface area contributed by atoms with Crippen LogP contribution in [0.25, 0.3) is 0 Å². The normalized spacial score (nSPS) is 14.6. The van der Waals surface area contributed by atoms with Gasteiger partial charge in [0, 0.05) is 22.3 Å². The fourth-order valence-corrected chi connectivity index (χ4v) is 3.45. The summed E-state index contributed by atoms with van der Waals surface area (Å²) in [7, 11) is 0. The van der Waals surface area contributed by atoms with Gasteiger partial charge in [-0.1, -0.05) is 12.1 Å². The van der Waals surface area contributed by atoms with Crippen molar-refractivity contribution in [3.8, 4) is 0 Å². The number of anilines is 2. The van der Waals surface area contributed by atoms with Gasteiger partial charge in [-0.3, -0.25) is 4.79 Å². The number of nitrogens with one attached hydrogen (secondary N) is 1. The lowest BCUT2D eigenvalue weighted by molar-refractivity contribution is 0.102. The van der Waals surface area contributed by atoms with Gasteiger partial charge in [0.15, 0.2) is 0 Å². The van der Waals surface area contributed by atoms with Crippen molar-refractivity contribution in [1.82, 2.24) is 0 Å². The van der Waals surface area contributed by atoms with Crippen LogP contribution in [0.15, 0.2) is 42.5 Å². The number of benzene rings is 2. The van der Waals surface area contributed by atoms with Gasteiger partial charge in [0.2, 0.25) is 0 Å². The molecule has 0 unspecified atom stereocenters. The van der Waals surface area contributed by atoms with Crippen LogP contribution in [0.4, 0.5) is 15.8 Å². The molecule has 23 heavy (non-hydrogen) atoms. The molecule has 0 aliphatic carbocycles. The minimum atomic E-state index is -0.285. The summed E-state index contributed by atoms with van der Waals surface area (Å²) in [5.74, 6) is -0.507. The molecule has 0 aromatic heterocycles. The number of piperidine rings is 1. The molecule has 1 N–H and O–H groups in total. The van der Waals surface area contributed by atoms with Crippen LogP contribution in [0.1, 0.15) is 29.6 Å². The van der Waals surface area contributed by atoms with Crippen molar-refractivity contribution in [3.05, 3.63) is 57.4 Å². The minimum Gasteiger partial charge on any atom is -0.369 e. The van der Waals surface area contributed by atoms with E-state index in [0.717, 1.165) is 29.5 Å². The van der Waals surface area contributed by atoms with Gasteiger partial charge in [0.1, 0.15) is 5.82 Å². The zero-order valence-corrected chi connectivity index (χ0v) is 14.8. The summed E-state index contributed by atoms with van der Waals surface area (Å²) in [5.41, 5.74) is 1.69.